The number of hydrogen-bond acceptors (Lipinski definition) is 2. The molecule has 84 valence electrons. The third kappa shape index (κ3) is 2.24. The number of esters is 1. The largest absolute Gasteiger partial charge is 0.458 e. The van der Waals surface area contributed by atoms with Crippen LogP contribution in [0.1, 0.15) is 52.4 Å². The van der Waals surface area contributed by atoms with Crippen molar-refractivity contribution in [1.29, 1.82) is 0 Å². The minimum absolute atomic E-state index is 0.00243. The summed E-state index contributed by atoms with van der Waals surface area (Å²) in [6.07, 6.45) is 7.25. The highest BCUT2D eigenvalue weighted by Gasteiger charge is 2.29. The summed E-state index contributed by atoms with van der Waals surface area (Å²) in [5, 5.41) is 0. The lowest BCUT2D eigenvalue weighted by atomic mass is 9.91. The minimum atomic E-state index is -0.0411. The van der Waals surface area contributed by atoms with Gasteiger partial charge in [-0.25, -0.2) is 0 Å². The van der Waals surface area contributed by atoms with Crippen LogP contribution >= 0.6 is 0 Å². The van der Waals surface area contributed by atoms with Crippen molar-refractivity contribution in [1.82, 2.24) is 0 Å². The highest BCUT2D eigenvalue weighted by molar-refractivity contribution is 5.72. The molecule has 2 aliphatic carbocycles. The number of ether oxygens (including phenoxy) is 1. The summed E-state index contributed by atoms with van der Waals surface area (Å²) in [4.78, 5) is 11.6. The minimum Gasteiger partial charge on any atom is -0.458 e. The molecule has 0 spiro atoms. The van der Waals surface area contributed by atoms with Crippen molar-refractivity contribution in [3.63, 3.8) is 0 Å². The number of hydrogen-bond donors (Lipinski definition) is 0. The van der Waals surface area contributed by atoms with Crippen LogP contribution < -0.4 is 0 Å². The molecule has 0 fully saturated rings. The SMILES string of the molecule is CC(C)C(=O)OC1CCCC2=C1CCC2. The highest BCUT2D eigenvalue weighted by atomic mass is 16.5. The molecule has 0 heterocycles. The van der Waals surface area contributed by atoms with Crippen LogP contribution in [0.4, 0.5) is 0 Å². The number of carbonyl (C=O) groups is 1. The van der Waals surface area contributed by atoms with Gasteiger partial charge in [0.1, 0.15) is 6.10 Å². The molecule has 0 aromatic heterocycles. The number of carbonyl (C=O) groups excluding carboxylic acids is 1. The molecule has 0 N–H and O–H groups in total. The van der Waals surface area contributed by atoms with Crippen LogP contribution in [0.25, 0.3) is 0 Å². The van der Waals surface area contributed by atoms with E-state index in [4.69, 9.17) is 4.74 Å². The topological polar surface area (TPSA) is 26.3 Å². The number of rotatable bonds is 2. The molecule has 0 amide bonds. The molecule has 1 atom stereocenters. The quantitative estimate of drug-likeness (QED) is 0.514. The van der Waals surface area contributed by atoms with Crippen LogP contribution in [-0.2, 0) is 9.53 Å². The zero-order chi connectivity index (χ0) is 10.8. The predicted octanol–water partition coefficient (Wildman–Crippen LogP) is 3.22. The molecule has 2 aliphatic rings. The molecule has 2 heteroatoms. The first-order valence-electron chi connectivity index (χ1n) is 6.09. The molecule has 1 unspecified atom stereocenters. The van der Waals surface area contributed by atoms with E-state index in [-0.39, 0.29) is 18.0 Å². The Kier molecular flexibility index (Phi) is 3.13. The van der Waals surface area contributed by atoms with Crippen LogP contribution in [0, 0.1) is 5.92 Å². The van der Waals surface area contributed by atoms with Crippen molar-refractivity contribution >= 4 is 5.97 Å². The van der Waals surface area contributed by atoms with E-state index in [1.165, 1.54) is 31.3 Å². The van der Waals surface area contributed by atoms with Gasteiger partial charge in [-0.1, -0.05) is 19.4 Å². The van der Waals surface area contributed by atoms with Gasteiger partial charge in [0.15, 0.2) is 0 Å². The fraction of sp³-hybridized carbons (Fsp3) is 0.769. The van der Waals surface area contributed by atoms with E-state index in [0.29, 0.717) is 0 Å². The van der Waals surface area contributed by atoms with Gasteiger partial charge in [-0.05, 0) is 44.1 Å². The van der Waals surface area contributed by atoms with Crippen molar-refractivity contribution in [2.45, 2.75) is 58.5 Å². The second-order valence-electron chi connectivity index (χ2n) is 4.95. The van der Waals surface area contributed by atoms with Crippen LogP contribution in [0.5, 0.6) is 0 Å². The maximum atomic E-state index is 11.6. The predicted molar refractivity (Wildman–Crippen MR) is 59.4 cm³/mol. The van der Waals surface area contributed by atoms with Crippen LogP contribution in [0.15, 0.2) is 11.1 Å². The Bertz CT molecular complexity index is 289. The van der Waals surface area contributed by atoms with Gasteiger partial charge < -0.3 is 4.74 Å². The van der Waals surface area contributed by atoms with E-state index in [9.17, 15) is 4.79 Å². The van der Waals surface area contributed by atoms with Crippen molar-refractivity contribution in [2.24, 2.45) is 5.92 Å². The van der Waals surface area contributed by atoms with Gasteiger partial charge in [-0.15, -0.1) is 0 Å². The molecule has 0 aliphatic heterocycles. The van der Waals surface area contributed by atoms with Gasteiger partial charge in [-0.2, -0.15) is 0 Å². The molecule has 0 radical (unpaired) electrons. The maximum Gasteiger partial charge on any atom is 0.308 e. The second kappa shape index (κ2) is 4.38. The van der Waals surface area contributed by atoms with E-state index in [2.05, 4.69) is 0 Å². The lowest BCUT2D eigenvalue weighted by molar-refractivity contribution is -0.151. The van der Waals surface area contributed by atoms with Crippen LogP contribution in [0.2, 0.25) is 0 Å². The summed E-state index contributed by atoms with van der Waals surface area (Å²) in [6.45, 7) is 3.80. The third-order valence-corrected chi connectivity index (χ3v) is 3.44. The lowest BCUT2D eigenvalue weighted by Crippen LogP contribution is -2.25. The molecule has 2 nitrogen and oxygen atoms in total. The van der Waals surface area contributed by atoms with Gasteiger partial charge >= 0.3 is 5.97 Å². The molecule has 0 saturated carbocycles. The molecular formula is C13H20O2. The Morgan fingerprint density at radius 3 is 2.73 bits per heavy atom. The van der Waals surface area contributed by atoms with Gasteiger partial charge in [0.2, 0.25) is 0 Å². The van der Waals surface area contributed by atoms with Crippen molar-refractivity contribution in [2.75, 3.05) is 0 Å². The standard InChI is InChI=1S/C13H20O2/c1-9(2)13(14)15-12-8-4-6-10-5-3-7-11(10)12/h9,12H,3-8H2,1-2H3. The molecule has 15 heavy (non-hydrogen) atoms. The molecule has 0 saturated heterocycles. The first-order chi connectivity index (χ1) is 7.18. The molecule has 0 bridgehead atoms. The zero-order valence-corrected chi connectivity index (χ0v) is 9.71. The fourth-order valence-electron chi connectivity index (χ4n) is 2.59. The van der Waals surface area contributed by atoms with Crippen LogP contribution in [0.3, 0.4) is 0 Å². The highest BCUT2D eigenvalue weighted by Crippen LogP contribution is 2.38. The van der Waals surface area contributed by atoms with E-state index in [1.807, 2.05) is 13.8 Å². The summed E-state index contributed by atoms with van der Waals surface area (Å²) in [7, 11) is 0. The Morgan fingerprint density at radius 1 is 1.27 bits per heavy atom. The first-order valence-corrected chi connectivity index (χ1v) is 6.09. The summed E-state index contributed by atoms with van der Waals surface area (Å²) in [5.41, 5.74) is 3.04. The normalized spacial score (nSPS) is 25.7. The smallest absolute Gasteiger partial charge is 0.308 e. The van der Waals surface area contributed by atoms with Gasteiger partial charge in [0.05, 0.1) is 5.92 Å². The van der Waals surface area contributed by atoms with Gasteiger partial charge in [-0.3, -0.25) is 4.79 Å². The average molecular weight is 208 g/mol. The maximum absolute atomic E-state index is 11.6. The Balaban J connectivity index is 2.03. The fourth-order valence-corrected chi connectivity index (χ4v) is 2.59. The summed E-state index contributed by atoms with van der Waals surface area (Å²) < 4.78 is 5.57. The second-order valence-corrected chi connectivity index (χ2v) is 4.95. The Labute approximate surface area is 91.7 Å². The Morgan fingerprint density at radius 2 is 2.00 bits per heavy atom. The van der Waals surface area contributed by atoms with E-state index in [0.717, 1.165) is 12.8 Å². The molecule has 0 aromatic rings. The summed E-state index contributed by atoms with van der Waals surface area (Å²) in [6, 6.07) is 0. The number of allylic oxidation sites excluding steroid dienone is 1. The van der Waals surface area contributed by atoms with Gasteiger partial charge in [0, 0.05) is 0 Å². The van der Waals surface area contributed by atoms with E-state index in [1.54, 1.807) is 5.57 Å². The monoisotopic (exact) mass is 208 g/mol. The van der Waals surface area contributed by atoms with E-state index >= 15 is 0 Å². The van der Waals surface area contributed by atoms with Crippen molar-refractivity contribution < 1.29 is 9.53 Å². The van der Waals surface area contributed by atoms with Crippen molar-refractivity contribution in [3.05, 3.63) is 11.1 Å². The van der Waals surface area contributed by atoms with Crippen LogP contribution in [-0.4, -0.2) is 12.1 Å². The molecular weight excluding hydrogens is 188 g/mol. The van der Waals surface area contributed by atoms with E-state index < -0.39 is 0 Å². The zero-order valence-electron chi connectivity index (χ0n) is 9.71. The average Bonchev–Trinajstić information content (AvgIpc) is 2.66. The summed E-state index contributed by atoms with van der Waals surface area (Å²) >= 11 is 0. The van der Waals surface area contributed by atoms with Gasteiger partial charge in [0.25, 0.3) is 0 Å². The van der Waals surface area contributed by atoms with Crippen molar-refractivity contribution in [3.8, 4) is 0 Å². The lowest BCUT2D eigenvalue weighted by Gasteiger charge is -2.25. The third-order valence-electron chi connectivity index (χ3n) is 3.44. The first kappa shape index (κ1) is 10.7. The Hall–Kier alpha value is -0.790. The molecule has 2 rings (SSSR count). The summed E-state index contributed by atoms with van der Waals surface area (Å²) in [5.74, 6) is -0.0435. The molecule has 0 aromatic carbocycles.